The lowest BCUT2D eigenvalue weighted by Gasteiger charge is -2.31. The Kier molecular flexibility index (Phi) is 3.75. The Morgan fingerprint density at radius 2 is 2.41 bits per heavy atom. The van der Waals surface area contributed by atoms with Crippen LogP contribution in [0, 0.1) is 11.3 Å². The summed E-state index contributed by atoms with van der Waals surface area (Å²) in [6.07, 6.45) is 2.39. The monoisotopic (exact) mass is 241 g/mol. The lowest BCUT2D eigenvalue weighted by Crippen LogP contribution is -2.45. The van der Waals surface area contributed by atoms with Gasteiger partial charge in [-0.2, -0.15) is 0 Å². The van der Waals surface area contributed by atoms with Gasteiger partial charge in [0.1, 0.15) is 6.04 Å². The van der Waals surface area contributed by atoms with Crippen molar-refractivity contribution in [3.05, 3.63) is 0 Å². The maximum absolute atomic E-state index is 11.3. The van der Waals surface area contributed by atoms with Crippen LogP contribution in [0.4, 0.5) is 0 Å². The van der Waals surface area contributed by atoms with E-state index in [9.17, 15) is 14.9 Å². The fourth-order valence-corrected chi connectivity index (χ4v) is 3.20. The normalized spacial score (nSPS) is 35.9. The molecule has 2 aliphatic rings. The van der Waals surface area contributed by atoms with Gasteiger partial charge in [-0.15, -0.1) is 0 Å². The van der Waals surface area contributed by atoms with Crippen molar-refractivity contribution in [1.82, 2.24) is 5.32 Å². The summed E-state index contributed by atoms with van der Waals surface area (Å²) >= 11 is 0. The Morgan fingerprint density at radius 1 is 1.65 bits per heavy atom. The van der Waals surface area contributed by atoms with Crippen LogP contribution in [-0.4, -0.2) is 48.8 Å². The van der Waals surface area contributed by atoms with Crippen molar-refractivity contribution in [2.75, 3.05) is 19.8 Å². The summed E-state index contributed by atoms with van der Waals surface area (Å²) in [5, 5.41) is 21.6. The first kappa shape index (κ1) is 12.9. The second-order valence-electron chi connectivity index (χ2n) is 5.37. The van der Waals surface area contributed by atoms with Gasteiger partial charge >= 0.3 is 5.97 Å². The molecular weight excluding hydrogens is 221 g/mol. The molecule has 3 N–H and O–H groups in total. The van der Waals surface area contributed by atoms with E-state index in [1.165, 1.54) is 0 Å². The molecule has 2 fully saturated rings. The van der Waals surface area contributed by atoms with Gasteiger partial charge in [0.05, 0.1) is 13.2 Å². The van der Waals surface area contributed by atoms with Gasteiger partial charge in [-0.3, -0.25) is 4.79 Å². The Balaban J connectivity index is 2.03. The van der Waals surface area contributed by atoms with Crippen molar-refractivity contribution in [1.29, 1.82) is 0 Å². The van der Waals surface area contributed by atoms with E-state index in [4.69, 9.17) is 4.74 Å². The van der Waals surface area contributed by atoms with E-state index in [1.807, 2.05) is 0 Å². The number of hydrogen-bond acceptors (Lipinski definition) is 4. The molecule has 0 bridgehead atoms. The predicted octanol–water partition coefficient (Wildman–Crippen LogP) is 0.0694. The fraction of sp³-hybridized carbons (Fsp3) is 0.909. The lowest BCUT2D eigenvalue weighted by molar-refractivity contribution is -0.142. The minimum absolute atomic E-state index is 0.263. The number of carbonyl (C=O) groups is 1. The third kappa shape index (κ3) is 2.34. The predicted molar refractivity (Wildman–Crippen MR) is 64.0 cm³/mol. The van der Waals surface area contributed by atoms with E-state index >= 15 is 0 Å². The van der Waals surface area contributed by atoms with Gasteiger partial charge < -0.3 is 20.2 Å². The molecule has 2 aliphatic heterocycles. The molecule has 2 saturated heterocycles. The van der Waals surface area contributed by atoms with Crippen LogP contribution >= 0.6 is 0 Å². The SMILES string of the molecule is CB(O)CCCC12COCC1CNC2C(=O)O. The molecule has 6 heteroatoms. The summed E-state index contributed by atoms with van der Waals surface area (Å²) in [5.41, 5.74) is -0.263. The maximum atomic E-state index is 11.3. The quantitative estimate of drug-likeness (QED) is 0.593. The second kappa shape index (κ2) is 4.96. The number of carboxylic acids is 1. The summed E-state index contributed by atoms with van der Waals surface area (Å²) in [6, 6.07) is -0.496. The van der Waals surface area contributed by atoms with E-state index in [1.54, 1.807) is 6.82 Å². The van der Waals surface area contributed by atoms with Crippen molar-refractivity contribution >= 4 is 12.9 Å². The Bertz CT molecular complexity index is 299. The smallest absolute Gasteiger partial charge is 0.321 e. The molecule has 2 rings (SSSR count). The molecule has 0 aromatic rings. The third-order valence-corrected chi connectivity index (χ3v) is 4.16. The maximum Gasteiger partial charge on any atom is 0.321 e. The van der Waals surface area contributed by atoms with Gasteiger partial charge in [0.2, 0.25) is 0 Å². The number of rotatable bonds is 5. The minimum atomic E-state index is -0.782. The van der Waals surface area contributed by atoms with E-state index in [0.29, 0.717) is 19.1 Å². The van der Waals surface area contributed by atoms with Gasteiger partial charge in [0, 0.05) is 17.9 Å². The zero-order chi connectivity index (χ0) is 12.5. The average Bonchev–Trinajstić information content (AvgIpc) is 2.73. The standard InChI is InChI=1S/C11H20BNO4/c1-12(16)4-2-3-11-7-17-6-8(11)5-13-9(11)10(14)15/h8-9,13,16H,2-7H2,1H3,(H,14,15). The lowest BCUT2D eigenvalue weighted by atomic mass is 9.64. The number of hydrogen-bond donors (Lipinski definition) is 3. The highest BCUT2D eigenvalue weighted by Crippen LogP contribution is 2.45. The van der Waals surface area contributed by atoms with Crippen LogP contribution in [0.2, 0.25) is 13.1 Å². The molecule has 3 atom stereocenters. The first-order valence-electron chi connectivity index (χ1n) is 6.28. The van der Waals surface area contributed by atoms with E-state index in [-0.39, 0.29) is 12.3 Å². The van der Waals surface area contributed by atoms with Crippen LogP contribution in [-0.2, 0) is 9.53 Å². The number of aliphatic carboxylic acids is 1. The summed E-state index contributed by atoms with van der Waals surface area (Å²) in [6.45, 7) is 3.37. The van der Waals surface area contributed by atoms with Gasteiger partial charge in [0.15, 0.2) is 0 Å². The highest BCUT2D eigenvalue weighted by atomic mass is 16.5. The molecule has 0 amide bonds. The van der Waals surface area contributed by atoms with Gasteiger partial charge in [-0.25, -0.2) is 0 Å². The van der Waals surface area contributed by atoms with Crippen LogP contribution in [0.5, 0.6) is 0 Å². The molecular formula is C11H20BNO4. The summed E-state index contributed by atoms with van der Waals surface area (Å²) < 4.78 is 5.49. The molecule has 0 aromatic carbocycles. The third-order valence-electron chi connectivity index (χ3n) is 4.16. The molecule has 0 spiro atoms. The van der Waals surface area contributed by atoms with Gasteiger partial charge in [-0.05, 0) is 12.7 Å². The molecule has 17 heavy (non-hydrogen) atoms. The van der Waals surface area contributed by atoms with E-state index < -0.39 is 12.0 Å². The minimum Gasteiger partial charge on any atom is -0.480 e. The summed E-state index contributed by atoms with van der Waals surface area (Å²) in [7, 11) is 0. The largest absolute Gasteiger partial charge is 0.480 e. The van der Waals surface area contributed by atoms with Crippen molar-refractivity contribution in [3.8, 4) is 0 Å². The Morgan fingerprint density at radius 3 is 3.06 bits per heavy atom. The number of carboxylic acid groups (broad SMARTS) is 1. The van der Waals surface area contributed by atoms with Crippen molar-refractivity contribution in [2.45, 2.75) is 32.0 Å². The molecule has 5 nitrogen and oxygen atoms in total. The van der Waals surface area contributed by atoms with Crippen LogP contribution in [0.15, 0.2) is 0 Å². The van der Waals surface area contributed by atoms with E-state index in [0.717, 1.165) is 25.7 Å². The van der Waals surface area contributed by atoms with Crippen molar-refractivity contribution in [3.63, 3.8) is 0 Å². The van der Waals surface area contributed by atoms with Gasteiger partial charge in [0.25, 0.3) is 6.92 Å². The summed E-state index contributed by atoms with van der Waals surface area (Å²) in [4.78, 5) is 11.3. The van der Waals surface area contributed by atoms with Gasteiger partial charge in [-0.1, -0.05) is 13.2 Å². The molecule has 96 valence electrons. The molecule has 2 heterocycles. The molecule has 0 saturated carbocycles. The second-order valence-corrected chi connectivity index (χ2v) is 5.37. The number of fused-ring (bicyclic) bond motifs is 1. The molecule has 0 aliphatic carbocycles. The first-order valence-corrected chi connectivity index (χ1v) is 6.28. The van der Waals surface area contributed by atoms with Crippen molar-refractivity contribution < 1.29 is 19.7 Å². The Labute approximate surface area is 102 Å². The highest BCUT2D eigenvalue weighted by molar-refractivity contribution is 6.48. The molecule has 0 aromatic heterocycles. The average molecular weight is 241 g/mol. The molecule has 3 unspecified atom stereocenters. The zero-order valence-electron chi connectivity index (χ0n) is 10.2. The van der Waals surface area contributed by atoms with Crippen LogP contribution in [0.25, 0.3) is 0 Å². The van der Waals surface area contributed by atoms with Crippen LogP contribution in [0.3, 0.4) is 0 Å². The Hall–Kier alpha value is -0.585. The number of nitrogens with one attached hydrogen (secondary N) is 1. The zero-order valence-corrected chi connectivity index (χ0v) is 10.2. The van der Waals surface area contributed by atoms with E-state index in [2.05, 4.69) is 5.32 Å². The van der Waals surface area contributed by atoms with Crippen LogP contribution in [0.1, 0.15) is 12.8 Å². The van der Waals surface area contributed by atoms with Crippen LogP contribution < -0.4 is 5.32 Å². The topological polar surface area (TPSA) is 78.8 Å². The highest BCUT2D eigenvalue weighted by Gasteiger charge is 2.56. The first-order chi connectivity index (χ1) is 8.06. The van der Waals surface area contributed by atoms with Crippen molar-refractivity contribution in [2.24, 2.45) is 11.3 Å². The summed E-state index contributed by atoms with van der Waals surface area (Å²) in [5.74, 6) is -0.479. The fourth-order valence-electron chi connectivity index (χ4n) is 3.20. The molecule has 0 radical (unpaired) electrons. The number of ether oxygens (including phenoxy) is 1.